The van der Waals surface area contributed by atoms with Crippen LogP contribution in [0, 0.1) is 28.6 Å². The molecule has 4 aliphatic carbocycles. The van der Waals surface area contributed by atoms with Gasteiger partial charge in [-0.2, -0.15) is 0 Å². The van der Waals surface area contributed by atoms with Gasteiger partial charge in [0.25, 0.3) is 0 Å². The molecular formula is C10H14O. The quantitative estimate of drug-likeness (QED) is 0.515. The molecule has 60 valence electrons. The number of carbonyl (C=O) groups is 1. The Hall–Kier alpha value is -0.330. The summed E-state index contributed by atoms with van der Waals surface area (Å²) in [7, 11) is 0. The third-order valence-corrected chi connectivity index (χ3v) is 5.11. The van der Waals surface area contributed by atoms with E-state index in [0.29, 0.717) is 28.4 Å². The first-order chi connectivity index (χ1) is 5.01. The molecular weight excluding hydrogens is 136 g/mol. The molecule has 0 amide bonds. The number of hydrogen-bond donors (Lipinski definition) is 0. The summed E-state index contributed by atoms with van der Waals surface area (Å²) in [5.74, 6) is 2.25. The second kappa shape index (κ2) is 1.19. The maximum Gasteiger partial charge on any atom is 0.140 e. The topological polar surface area (TPSA) is 17.1 Å². The van der Waals surface area contributed by atoms with E-state index in [2.05, 4.69) is 20.8 Å². The average molecular weight is 150 g/mol. The Morgan fingerprint density at radius 2 is 2.00 bits per heavy atom. The van der Waals surface area contributed by atoms with Gasteiger partial charge >= 0.3 is 0 Å². The second-order valence-corrected chi connectivity index (χ2v) is 5.28. The van der Waals surface area contributed by atoms with E-state index < -0.39 is 0 Å². The smallest absolute Gasteiger partial charge is 0.140 e. The molecule has 4 bridgehead atoms. The van der Waals surface area contributed by atoms with Gasteiger partial charge < -0.3 is 0 Å². The summed E-state index contributed by atoms with van der Waals surface area (Å²) in [6.45, 7) is 6.87. The molecule has 4 rings (SSSR count). The van der Waals surface area contributed by atoms with Crippen molar-refractivity contribution in [1.29, 1.82) is 0 Å². The summed E-state index contributed by atoms with van der Waals surface area (Å²) < 4.78 is 0. The molecule has 1 heteroatoms. The molecule has 0 aromatic rings. The molecule has 0 N–H and O–H groups in total. The molecule has 11 heavy (non-hydrogen) atoms. The van der Waals surface area contributed by atoms with E-state index >= 15 is 0 Å². The number of ketones is 1. The summed E-state index contributed by atoms with van der Waals surface area (Å²) in [6.07, 6.45) is 1.20. The summed E-state index contributed by atoms with van der Waals surface area (Å²) in [5.41, 5.74) is 0.730. The van der Waals surface area contributed by atoms with Gasteiger partial charge in [0, 0.05) is 11.8 Å². The zero-order valence-corrected chi connectivity index (χ0v) is 7.35. The zero-order chi connectivity index (χ0) is 8.02. The normalized spacial score (nSPS) is 62.1. The van der Waals surface area contributed by atoms with Crippen molar-refractivity contribution in [3.05, 3.63) is 0 Å². The van der Waals surface area contributed by atoms with E-state index in [9.17, 15) is 4.79 Å². The predicted octanol–water partition coefficient (Wildman–Crippen LogP) is 1.87. The molecule has 4 saturated carbocycles. The van der Waals surface area contributed by atoms with Crippen LogP contribution in [0.4, 0.5) is 0 Å². The van der Waals surface area contributed by atoms with Crippen molar-refractivity contribution in [2.75, 3.05) is 0 Å². The van der Waals surface area contributed by atoms with Gasteiger partial charge in [-0.3, -0.25) is 4.79 Å². The van der Waals surface area contributed by atoms with Gasteiger partial charge in [-0.05, 0) is 23.2 Å². The monoisotopic (exact) mass is 150 g/mol. The first kappa shape index (κ1) is 6.22. The fourth-order valence-corrected chi connectivity index (χ4v) is 3.97. The van der Waals surface area contributed by atoms with Gasteiger partial charge in [0.15, 0.2) is 0 Å². The third-order valence-electron chi connectivity index (χ3n) is 5.11. The van der Waals surface area contributed by atoms with Crippen molar-refractivity contribution < 1.29 is 4.79 Å². The van der Waals surface area contributed by atoms with Gasteiger partial charge in [0.05, 0.1) is 0 Å². The molecule has 0 heterocycles. The fourth-order valence-electron chi connectivity index (χ4n) is 3.97. The van der Waals surface area contributed by atoms with Crippen molar-refractivity contribution in [3.63, 3.8) is 0 Å². The van der Waals surface area contributed by atoms with Gasteiger partial charge in [0.2, 0.25) is 0 Å². The Kier molecular flexibility index (Phi) is 0.675. The van der Waals surface area contributed by atoms with Crippen LogP contribution >= 0.6 is 0 Å². The predicted molar refractivity (Wildman–Crippen MR) is 42.0 cm³/mol. The van der Waals surface area contributed by atoms with Gasteiger partial charge in [-0.15, -0.1) is 0 Å². The minimum Gasteiger partial charge on any atom is -0.299 e. The highest BCUT2D eigenvalue weighted by molar-refractivity contribution is 5.95. The van der Waals surface area contributed by atoms with Crippen LogP contribution < -0.4 is 0 Å². The lowest BCUT2D eigenvalue weighted by Crippen LogP contribution is -2.24. The standard InChI is InChI=1S/C10H14O/c1-9(2)6-4-5-7(8(6)11)10(5,9)3/h5-7H,4H2,1-3H3/t5-,6+,7?,10?/m0/s1. The highest BCUT2D eigenvalue weighted by atomic mass is 16.1. The Labute approximate surface area is 67.2 Å². The van der Waals surface area contributed by atoms with E-state index in [4.69, 9.17) is 0 Å². The van der Waals surface area contributed by atoms with E-state index in [-0.39, 0.29) is 0 Å². The molecule has 0 radical (unpaired) electrons. The van der Waals surface area contributed by atoms with E-state index in [1.54, 1.807) is 0 Å². The van der Waals surface area contributed by atoms with Crippen LogP contribution in [0.1, 0.15) is 27.2 Å². The first-order valence-corrected chi connectivity index (χ1v) is 4.55. The van der Waals surface area contributed by atoms with Crippen molar-refractivity contribution in [1.82, 2.24) is 0 Å². The number of Topliss-reactive ketones (excluding diaryl/α,β-unsaturated/α-hetero) is 1. The molecule has 0 aromatic carbocycles. The molecule has 0 aromatic heterocycles. The fraction of sp³-hybridized carbons (Fsp3) is 0.900. The van der Waals surface area contributed by atoms with E-state index in [0.717, 1.165) is 5.92 Å². The Bertz CT molecular complexity index is 263. The van der Waals surface area contributed by atoms with Crippen LogP contribution in [0.3, 0.4) is 0 Å². The van der Waals surface area contributed by atoms with Gasteiger partial charge in [-0.25, -0.2) is 0 Å². The van der Waals surface area contributed by atoms with Crippen LogP contribution in [0.15, 0.2) is 0 Å². The lowest BCUT2D eigenvalue weighted by atomic mass is 9.76. The summed E-state index contributed by atoms with van der Waals surface area (Å²) >= 11 is 0. The molecule has 0 spiro atoms. The minimum absolute atomic E-state index is 0.319. The van der Waals surface area contributed by atoms with Gasteiger partial charge in [-0.1, -0.05) is 20.8 Å². The minimum atomic E-state index is 0.319. The summed E-state index contributed by atoms with van der Waals surface area (Å²) in [6, 6.07) is 0. The molecule has 4 atom stereocenters. The van der Waals surface area contributed by atoms with Crippen molar-refractivity contribution >= 4 is 5.78 Å². The maximum absolute atomic E-state index is 11.6. The van der Waals surface area contributed by atoms with Crippen LogP contribution in [0.25, 0.3) is 0 Å². The lowest BCUT2D eigenvalue weighted by molar-refractivity contribution is -0.122. The van der Waals surface area contributed by atoms with E-state index in [1.807, 2.05) is 0 Å². The first-order valence-electron chi connectivity index (χ1n) is 4.55. The van der Waals surface area contributed by atoms with Crippen molar-refractivity contribution in [3.8, 4) is 0 Å². The molecule has 1 nitrogen and oxygen atoms in total. The maximum atomic E-state index is 11.6. The molecule has 4 fully saturated rings. The third kappa shape index (κ3) is 0.344. The van der Waals surface area contributed by atoms with Crippen molar-refractivity contribution in [2.24, 2.45) is 28.6 Å². The second-order valence-electron chi connectivity index (χ2n) is 5.28. The number of hydrogen-bond acceptors (Lipinski definition) is 1. The van der Waals surface area contributed by atoms with E-state index in [1.165, 1.54) is 6.42 Å². The number of rotatable bonds is 0. The van der Waals surface area contributed by atoms with Crippen LogP contribution in [-0.2, 0) is 4.79 Å². The number of carbonyl (C=O) groups excluding carboxylic acids is 1. The van der Waals surface area contributed by atoms with Crippen LogP contribution in [0.5, 0.6) is 0 Å². The van der Waals surface area contributed by atoms with Crippen LogP contribution in [-0.4, -0.2) is 5.78 Å². The molecule has 2 unspecified atom stereocenters. The van der Waals surface area contributed by atoms with Gasteiger partial charge in [0.1, 0.15) is 5.78 Å². The summed E-state index contributed by atoms with van der Waals surface area (Å²) in [4.78, 5) is 11.6. The van der Waals surface area contributed by atoms with Crippen molar-refractivity contribution in [2.45, 2.75) is 27.2 Å². The Morgan fingerprint density at radius 1 is 1.36 bits per heavy atom. The highest BCUT2D eigenvalue weighted by Crippen LogP contribution is 2.84. The Morgan fingerprint density at radius 3 is 2.09 bits per heavy atom. The Balaban J connectivity index is 2.23. The molecule has 4 aliphatic rings. The summed E-state index contributed by atoms with van der Waals surface area (Å²) in [5, 5.41) is 0. The van der Waals surface area contributed by atoms with Crippen LogP contribution in [0.2, 0.25) is 0 Å². The SMILES string of the molecule is CC1(C)[C@@H]2C[C@H]3C(C2=O)C31C. The highest BCUT2D eigenvalue weighted by Gasteiger charge is 2.84. The molecule has 0 aliphatic heterocycles. The average Bonchev–Trinajstić information content (AvgIpc) is 2.14. The lowest BCUT2D eigenvalue weighted by Gasteiger charge is -2.27. The zero-order valence-electron chi connectivity index (χ0n) is 7.35. The largest absolute Gasteiger partial charge is 0.299 e. The molecule has 0 saturated heterocycles.